The Morgan fingerprint density at radius 2 is 1.91 bits per heavy atom. The predicted molar refractivity (Wildman–Crippen MR) is 94.3 cm³/mol. The van der Waals surface area contributed by atoms with Crippen molar-refractivity contribution in [2.24, 2.45) is 0 Å². The largest absolute Gasteiger partial charge is 0.351 e. The molecule has 0 radical (unpaired) electrons. The fraction of sp³-hybridized carbons (Fsp3) is 0.533. The van der Waals surface area contributed by atoms with Crippen LogP contribution in [0.3, 0.4) is 0 Å². The van der Waals surface area contributed by atoms with E-state index in [0.717, 1.165) is 36.8 Å². The third-order valence-electron chi connectivity index (χ3n) is 3.67. The first kappa shape index (κ1) is 18.6. The molecule has 128 valence electrons. The lowest BCUT2D eigenvalue weighted by Gasteiger charge is -2.32. The molecule has 0 bridgehead atoms. The van der Waals surface area contributed by atoms with Crippen LogP contribution in [-0.2, 0) is 14.8 Å². The van der Waals surface area contributed by atoms with Gasteiger partial charge in [-0.3, -0.25) is 4.79 Å². The number of carbonyl (C=O) groups excluding carboxylic acids is 1. The van der Waals surface area contributed by atoms with Gasteiger partial charge in [0.25, 0.3) is 0 Å². The summed E-state index contributed by atoms with van der Waals surface area (Å²) in [6, 6.07) is 6.99. The zero-order valence-corrected chi connectivity index (χ0v) is 15.3. The number of nitrogens with one attached hydrogen (secondary N) is 2. The maximum atomic E-state index is 12.2. The Labute approximate surface area is 146 Å². The van der Waals surface area contributed by atoms with Gasteiger partial charge in [0.15, 0.2) is 0 Å². The van der Waals surface area contributed by atoms with E-state index in [1.807, 2.05) is 18.2 Å². The lowest BCUT2D eigenvalue weighted by Crippen LogP contribution is -2.53. The molecule has 1 aliphatic carbocycles. The predicted octanol–water partition coefficient (Wildman–Crippen LogP) is 2.41. The van der Waals surface area contributed by atoms with E-state index >= 15 is 0 Å². The topological polar surface area (TPSA) is 75.3 Å². The van der Waals surface area contributed by atoms with E-state index < -0.39 is 10.0 Å². The molecule has 1 aromatic rings. The Kier molecular flexibility index (Phi) is 6.76. The van der Waals surface area contributed by atoms with Gasteiger partial charge in [0.05, 0.1) is 17.0 Å². The third-order valence-corrected chi connectivity index (χ3v) is 5.92. The van der Waals surface area contributed by atoms with Crippen molar-refractivity contribution in [3.05, 3.63) is 29.3 Å². The monoisotopic (exact) mass is 376 g/mol. The molecule has 1 fully saturated rings. The molecule has 1 aromatic carbocycles. The molecule has 0 unspecified atom stereocenters. The van der Waals surface area contributed by atoms with Crippen LogP contribution in [0.25, 0.3) is 0 Å². The van der Waals surface area contributed by atoms with Crippen LogP contribution in [-0.4, -0.2) is 38.4 Å². The molecule has 1 saturated carbocycles. The summed E-state index contributed by atoms with van der Waals surface area (Å²) in [6.07, 6.45) is 4.64. The fourth-order valence-electron chi connectivity index (χ4n) is 2.67. The summed E-state index contributed by atoms with van der Waals surface area (Å²) in [5, 5.41) is 3.58. The van der Waals surface area contributed by atoms with Crippen LogP contribution < -0.4 is 10.0 Å². The molecule has 5 nitrogen and oxygen atoms in total. The van der Waals surface area contributed by atoms with Gasteiger partial charge in [0.1, 0.15) is 0 Å². The van der Waals surface area contributed by atoms with Crippen molar-refractivity contribution in [1.82, 2.24) is 10.0 Å². The van der Waals surface area contributed by atoms with Gasteiger partial charge in [0, 0.05) is 17.0 Å². The smallest absolute Gasteiger partial charge is 0.230 e. The van der Waals surface area contributed by atoms with Gasteiger partial charge < -0.3 is 5.32 Å². The van der Waals surface area contributed by atoms with Crippen LogP contribution >= 0.6 is 23.4 Å². The maximum Gasteiger partial charge on any atom is 0.230 e. The third kappa shape index (κ3) is 6.33. The Balaban J connectivity index is 1.88. The number of halogens is 1. The van der Waals surface area contributed by atoms with Crippen molar-refractivity contribution in [2.45, 2.75) is 42.7 Å². The number of sulfonamides is 1. The number of hydrogen-bond donors (Lipinski definition) is 2. The number of rotatable bonds is 6. The summed E-state index contributed by atoms with van der Waals surface area (Å²) < 4.78 is 25.5. The Bertz CT molecular complexity index is 652. The SMILES string of the molecule is CS(=O)(=O)N[C@@H]1CCCC[C@H]1NC(=O)CSc1ccccc1Cl. The average Bonchev–Trinajstić information content (AvgIpc) is 2.47. The number of amides is 1. The van der Waals surface area contributed by atoms with Gasteiger partial charge in [-0.15, -0.1) is 11.8 Å². The minimum absolute atomic E-state index is 0.109. The van der Waals surface area contributed by atoms with Gasteiger partial charge in [0.2, 0.25) is 15.9 Å². The van der Waals surface area contributed by atoms with Crippen LogP contribution in [0, 0.1) is 0 Å². The first-order valence-corrected chi connectivity index (χ1v) is 10.7. The zero-order chi connectivity index (χ0) is 16.9. The van der Waals surface area contributed by atoms with Crippen molar-refractivity contribution in [3.63, 3.8) is 0 Å². The molecule has 0 aliphatic heterocycles. The van der Waals surface area contributed by atoms with Crippen molar-refractivity contribution in [3.8, 4) is 0 Å². The fourth-order valence-corrected chi connectivity index (χ4v) is 4.56. The van der Waals surface area contributed by atoms with Crippen molar-refractivity contribution in [1.29, 1.82) is 0 Å². The van der Waals surface area contributed by atoms with Crippen LogP contribution in [0.5, 0.6) is 0 Å². The van der Waals surface area contributed by atoms with E-state index in [1.165, 1.54) is 11.8 Å². The molecule has 1 aliphatic rings. The van der Waals surface area contributed by atoms with E-state index in [9.17, 15) is 13.2 Å². The van der Waals surface area contributed by atoms with E-state index in [1.54, 1.807) is 6.07 Å². The van der Waals surface area contributed by atoms with E-state index in [0.29, 0.717) is 5.02 Å². The number of carbonyl (C=O) groups is 1. The summed E-state index contributed by atoms with van der Waals surface area (Å²) in [5.74, 6) is 0.147. The Morgan fingerprint density at radius 3 is 2.57 bits per heavy atom. The highest BCUT2D eigenvalue weighted by Gasteiger charge is 2.28. The normalized spacial score (nSPS) is 21.8. The molecule has 0 spiro atoms. The molecular formula is C15H21ClN2O3S2. The van der Waals surface area contributed by atoms with Crippen LogP contribution in [0.15, 0.2) is 29.2 Å². The summed E-state index contributed by atoms with van der Waals surface area (Å²) in [5.41, 5.74) is 0. The summed E-state index contributed by atoms with van der Waals surface area (Å²) >= 11 is 7.44. The lowest BCUT2D eigenvalue weighted by molar-refractivity contribution is -0.119. The number of benzene rings is 1. The highest BCUT2D eigenvalue weighted by atomic mass is 35.5. The van der Waals surface area contributed by atoms with Crippen molar-refractivity contribution in [2.75, 3.05) is 12.0 Å². The van der Waals surface area contributed by atoms with E-state index in [2.05, 4.69) is 10.0 Å². The van der Waals surface area contributed by atoms with Crippen LogP contribution in [0.1, 0.15) is 25.7 Å². The van der Waals surface area contributed by atoms with Gasteiger partial charge in [-0.1, -0.05) is 36.6 Å². The molecule has 8 heteroatoms. The molecule has 0 saturated heterocycles. The minimum Gasteiger partial charge on any atom is -0.351 e. The second-order valence-corrected chi connectivity index (χ2v) is 8.88. The highest BCUT2D eigenvalue weighted by molar-refractivity contribution is 8.00. The molecule has 0 aromatic heterocycles. The summed E-state index contributed by atoms with van der Waals surface area (Å²) in [4.78, 5) is 13.0. The minimum atomic E-state index is -3.28. The average molecular weight is 377 g/mol. The van der Waals surface area contributed by atoms with E-state index in [-0.39, 0.29) is 23.7 Å². The van der Waals surface area contributed by atoms with Gasteiger partial charge in [-0.05, 0) is 25.0 Å². The quantitative estimate of drug-likeness (QED) is 0.747. The zero-order valence-electron chi connectivity index (χ0n) is 12.9. The molecular weight excluding hydrogens is 356 g/mol. The van der Waals surface area contributed by atoms with Crippen molar-refractivity contribution >= 4 is 39.3 Å². The molecule has 1 amide bonds. The van der Waals surface area contributed by atoms with Crippen LogP contribution in [0.2, 0.25) is 5.02 Å². The molecule has 2 atom stereocenters. The molecule has 2 N–H and O–H groups in total. The molecule has 23 heavy (non-hydrogen) atoms. The number of thioether (sulfide) groups is 1. The number of hydrogen-bond acceptors (Lipinski definition) is 4. The van der Waals surface area contributed by atoms with Gasteiger partial charge in [-0.25, -0.2) is 13.1 Å². The molecule has 2 rings (SSSR count). The first-order valence-electron chi connectivity index (χ1n) is 7.49. The van der Waals surface area contributed by atoms with Gasteiger partial charge in [-0.2, -0.15) is 0 Å². The second-order valence-electron chi connectivity index (χ2n) is 5.67. The van der Waals surface area contributed by atoms with Crippen molar-refractivity contribution < 1.29 is 13.2 Å². The first-order chi connectivity index (χ1) is 10.8. The standard InChI is InChI=1S/C15H21ClN2O3S2/c1-23(20,21)18-13-8-4-3-7-12(13)17-15(19)10-22-14-9-5-2-6-11(14)16/h2,5-6,9,12-13,18H,3-4,7-8,10H2,1H3,(H,17,19)/t12-,13-/m1/s1. The highest BCUT2D eigenvalue weighted by Crippen LogP contribution is 2.26. The molecule has 0 heterocycles. The van der Waals surface area contributed by atoms with Crippen LogP contribution in [0.4, 0.5) is 0 Å². The van der Waals surface area contributed by atoms with E-state index in [4.69, 9.17) is 11.6 Å². The Hall–Kier alpha value is -0.760. The summed E-state index contributed by atoms with van der Waals surface area (Å²) in [6.45, 7) is 0. The summed E-state index contributed by atoms with van der Waals surface area (Å²) in [7, 11) is -3.28. The second kappa shape index (κ2) is 8.37. The Morgan fingerprint density at radius 1 is 1.26 bits per heavy atom. The maximum absolute atomic E-state index is 12.2. The van der Waals surface area contributed by atoms with Gasteiger partial charge >= 0.3 is 0 Å². The lowest BCUT2D eigenvalue weighted by atomic mass is 9.91.